The number of halogens is 1. The number of rotatable bonds is 4. The molecule has 1 aliphatic rings. The van der Waals surface area contributed by atoms with E-state index in [1.807, 2.05) is 6.07 Å². The third-order valence-corrected chi connectivity index (χ3v) is 4.69. The molecule has 2 aromatic rings. The van der Waals surface area contributed by atoms with E-state index in [-0.39, 0.29) is 17.8 Å². The van der Waals surface area contributed by atoms with Crippen molar-refractivity contribution in [2.45, 2.75) is 39.3 Å². The minimum Gasteiger partial charge on any atom is -0.493 e. The number of nitrogens with zero attached hydrogens (tertiary/aromatic N) is 1. The van der Waals surface area contributed by atoms with E-state index in [4.69, 9.17) is 9.47 Å². The molecule has 0 aliphatic carbocycles. The van der Waals surface area contributed by atoms with Gasteiger partial charge in [0.15, 0.2) is 11.5 Å². The molecular formula is C22H28ClNO2. The minimum atomic E-state index is 0. The maximum atomic E-state index is 5.43. The number of hydrogen-bond acceptors (Lipinski definition) is 3. The lowest BCUT2D eigenvalue weighted by atomic mass is 9.87. The topological polar surface area (TPSA) is 21.7 Å². The van der Waals surface area contributed by atoms with Crippen LogP contribution in [0.5, 0.6) is 11.5 Å². The van der Waals surface area contributed by atoms with Crippen molar-refractivity contribution >= 4 is 18.5 Å². The molecule has 0 bridgehead atoms. The quantitative estimate of drug-likeness (QED) is 0.715. The number of hydrogen-bond donors (Lipinski definition) is 0. The highest BCUT2D eigenvalue weighted by molar-refractivity contribution is 5.85. The van der Waals surface area contributed by atoms with Gasteiger partial charge in [-0.1, -0.05) is 45.0 Å². The van der Waals surface area contributed by atoms with Crippen molar-refractivity contribution in [3.05, 3.63) is 64.9 Å². The number of benzene rings is 2. The van der Waals surface area contributed by atoms with Crippen LogP contribution in [0.2, 0.25) is 0 Å². The van der Waals surface area contributed by atoms with Gasteiger partial charge in [-0.05, 0) is 45.9 Å². The van der Waals surface area contributed by atoms with Gasteiger partial charge in [-0.15, -0.1) is 12.4 Å². The Morgan fingerprint density at radius 3 is 2.15 bits per heavy atom. The van der Waals surface area contributed by atoms with E-state index in [2.05, 4.69) is 68.3 Å². The van der Waals surface area contributed by atoms with E-state index >= 15 is 0 Å². The average molecular weight is 374 g/mol. The van der Waals surface area contributed by atoms with Crippen LogP contribution in [-0.2, 0) is 18.5 Å². The average Bonchev–Trinajstić information content (AvgIpc) is 2.60. The van der Waals surface area contributed by atoms with E-state index in [0.29, 0.717) is 0 Å². The van der Waals surface area contributed by atoms with Crippen molar-refractivity contribution < 1.29 is 9.47 Å². The second kappa shape index (κ2) is 8.05. The Balaban J connectivity index is 0.00000243. The summed E-state index contributed by atoms with van der Waals surface area (Å²) >= 11 is 0. The monoisotopic (exact) mass is 373 g/mol. The first kappa shape index (κ1) is 20.2. The number of ether oxygens (including phenoxy) is 2. The normalized spacial score (nSPS) is 13.0. The van der Waals surface area contributed by atoms with Crippen molar-refractivity contribution in [1.29, 1.82) is 0 Å². The summed E-state index contributed by atoms with van der Waals surface area (Å²) in [6, 6.07) is 13.1. The molecule has 26 heavy (non-hydrogen) atoms. The molecule has 0 atom stereocenters. The smallest absolute Gasteiger partial charge is 0.161 e. The van der Waals surface area contributed by atoms with Gasteiger partial charge in [0.2, 0.25) is 0 Å². The molecule has 0 saturated heterocycles. The lowest BCUT2D eigenvalue weighted by molar-refractivity contribution is 0.344. The summed E-state index contributed by atoms with van der Waals surface area (Å²) < 4.78 is 10.8. The largest absolute Gasteiger partial charge is 0.493 e. The zero-order valence-corrected chi connectivity index (χ0v) is 17.0. The van der Waals surface area contributed by atoms with Crippen LogP contribution < -0.4 is 9.47 Å². The predicted molar refractivity (Wildman–Crippen MR) is 110 cm³/mol. The van der Waals surface area contributed by atoms with Gasteiger partial charge < -0.3 is 14.4 Å². The Morgan fingerprint density at radius 2 is 1.58 bits per heavy atom. The minimum absolute atomic E-state index is 0. The van der Waals surface area contributed by atoms with E-state index in [9.17, 15) is 0 Å². The van der Waals surface area contributed by atoms with Crippen LogP contribution in [0.15, 0.2) is 42.6 Å². The fraction of sp³-hybridized carbons (Fsp3) is 0.364. The maximum Gasteiger partial charge on any atom is 0.161 e. The first-order chi connectivity index (χ1) is 11.9. The van der Waals surface area contributed by atoms with E-state index in [1.165, 1.54) is 22.3 Å². The highest BCUT2D eigenvalue weighted by atomic mass is 35.5. The van der Waals surface area contributed by atoms with E-state index < -0.39 is 0 Å². The molecule has 0 amide bonds. The van der Waals surface area contributed by atoms with Crippen molar-refractivity contribution in [2.75, 3.05) is 14.2 Å². The van der Waals surface area contributed by atoms with Crippen molar-refractivity contribution in [2.24, 2.45) is 0 Å². The fourth-order valence-corrected chi connectivity index (χ4v) is 3.14. The Bertz CT molecular complexity index is 776. The summed E-state index contributed by atoms with van der Waals surface area (Å²) in [6.07, 6.45) is 4.30. The van der Waals surface area contributed by atoms with Crippen LogP contribution >= 0.6 is 12.4 Å². The lowest BCUT2D eigenvalue weighted by Gasteiger charge is -2.27. The molecule has 0 N–H and O–H groups in total. The molecule has 0 aromatic heterocycles. The fourth-order valence-electron chi connectivity index (χ4n) is 3.14. The van der Waals surface area contributed by atoms with Gasteiger partial charge in [-0.2, -0.15) is 0 Å². The van der Waals surface area contributed by atoms with Gasteiger partial charge in [-0.25, -0.2) is 0 Å². The molecule has 1 aliphatic heterocycles. The van der Waals surface area contributed by atoms with E-state index in [0.717, 1.165) is 24.6 Å². The molecule has 140 valence electrons. The van der Waals surface area contributed by atoms with Gasteiger partial charge in [0.1, 0.15) is 0 Å². The number of fused-ring (bicyclic) bond motifs is 1. The number of methoxy groups -OCH3 is 2. The van der Waals surface area contributed by atoms with Gasteiger partial charge in [0.25, 0.3) is 0 Å². The molecule has 3 nitrogen and oxygen atoms in total. The van der Waals surface area contributed by atoms with Crippen LogP contribution in [0.3, 0.4) is 0 Å². The summed E-state index contributed by atoms with van der Waals surface area (Å²) in [7, 11) is 3.35. The van der Waals surface area contributed by atoms with Crippen LogP contribution in [0.1, 0.15) is 43.0 Å². The standard InChI is InChI=1S/C22H27NO2.ClH/c1-22(2,3)19-8-6-16(7-9-19)14-23-11-10-17-12-20(24-4)21(25-5)13-18(17)15-23;/h6-13H,14-15H2,1-5H3;1H. The maximum absolute atomic E-state index is 5.43. The Kier molecular flexibility index (Phi) is 6.25. The van der Waals surface area contributed by atoms with Gasteiger partial charge >= 0.3 is 0 Å². The zero-order chi connectivity index (χ0) is 18.0. The molecule has 0 radical (unpaired) electrons. The molecule has 0 saturated carbocycles. The van der Waals surface area contributed by atoms with Crippen LogP contribution in [0.25, 0.3) is 6.08 Å². The predicted octanol–water partition coefficient (Wildman–Crippen LogP) is 5.41. The summed E-state index contributed by atoms with van der Waals surface area (Å²) in [6.45, 7) is 8.50. The Hall–Kier alpha value is -2.13. The summed E-state index contributed by atoms with van der Waals surface area (Å²) in [4.78, 5) is 2.32. The first-order valence-corrected chi connectivity index (χ1v) is 8.67. The molecular weight excluding hydrogens is 346 g/mol. The summed E-state index contributed by atoms with van der Waals surface area (Å²) in [5, 5.41) is 0. The Labute approximate surface area is 163 Å². The molecule has 1 heterocycles. The van der Waals surface area contributed by atoms with Crippen LogP contribution in [0, 0.1) is 0 Å². The highest BCUT2D eigenvalue weighted by Crippen LogP contribution is 2.34. The SMILES string of the molecule is COc1cc2c(cc1OC)CN(Cc1ccc(C(C)(C)C)cc1)C=C2.Cl. The van der Waals surface area contributed by atoms with Crippen molar-refractivity contribution in [1.82, 2.24) is 4.90 Å². The molecule has 3 rings (SSSR count). The Morgan fingerprint density at radius 1 is 0.962 bits per heavy atom. The molecule has 0 unspecified atom stereocenters. The second-order valence-corrected chi connectivity index (χ2v) is 7.57. The summed E-state index contributed by atoms with van der Waals surface area (Å²) in [5.41, 5.74) is 5.33. The molecule has 4 heteroatoms. The molecule has 2 aromatic carbocycles. The van der Waals surface area contributed by atoms with Crippen molar-refractivity contribution in [3.8, 4) is 11.5 Å². The third kappa shape index (κ3) is 4.34. The van der Waals surface area contributed by atoms with Crippen LogP contribution in [-0.4, -0.2) is 19.1 Å². The highest BCUT2D eigenvalue weighted by Gasteiger charge is 2.16. The zero-order valence-electron chi connectivity index (χ0n) is 16.2. The van der Waals surface area contributed by atoms with E-state index in [1.54, 1.807) is 14.2 Å². The molecule has 0 fully saturated rings. The van der Waals surface area contributed by atoms with Gasteiger partial charge in [-0.3, -0.25) is 0 Å². The third-order valence-electron chi connectivity index (χ3n) is 4.69. The molecule has 0 spiro atoms. The van der Waals surface area contributed by atoms with Crippen LogP contribution in [0.4, 0.5) is 0 Å². The van der Waals surface area contributed by atoms with Gasteiger partial charge in [0, 0.05) is 19.3 Å². The van der Waals surface area contributed by atoms with Crippen molar-refractivity contribution in [3.63, 3.8) is 0 Å². The van der Waals surface area contributed by atoms with Gasteiger partial charge in [0.05, 0.1) is 14.2 Å². The first-order valence-electron chi connectivity index (χ1n) is 8.67. The second-order valence-electron chi connectivity index (χ2n) is 7.57. The lowest BCUT2D eigenvalue weighted by Crippen LogP contribution is -2.20. The summed E-state index contributed by atoms with van der Waals surface area (Å²) in [5.74, 6) is 1.56.